The molecule has 2 heterocycles. The first-order valence-corrected chi connectivity index (χ1v) is 8.14. The molecule has 134 valence electrons. The lowest BCUT2D eigenvalue weighted by atomic mass is 10.3. The molecule has 0 saturated heterocycles. The second kappa shape index (κ2) is 8.52. The second-order valence-corrected chi connectivity index (χ2v) is 5.40. The van der Waals surface area contributed by atoms with Crippen LogP contribution in [0, 0.1) is 0 Å². The van der Waals surface area contributed by atoms with Gasteiger partial charge in [0.2, 0.25) is 0 Å². The molecule has 0 spiro atoms. The number of hydrogen-bond acceptors (Lipinski definition) is 5. The van der Waals surface area contributed by atoms with Gasteiger partial charge in [0, 0.05) is 31.2 Å². The number of aromatic nitrogens is 3. The molecule has 0 saturated carbocycles. The van der Waals surface area contributed by atoms with Crippen LogP contribution >= 0.6 is 0 Å². The van der Waals surface area contributed by atoms with Crippen LogP contribution in [0.15, 0.2) is 60.9 Å². The van der Waals surface area contributed by atoms with Crippen molar-refractivity contribution in [3.05, 3.63) is 60.9 Å². The van der Waals surface area contributed by atoms with E-state index in [9.17, 15) is 4.79 Å². The minimum atomic E-state index is -0.272. The topological polar surface area (TPSA) is 93.1 Å². The summed E-state index contributed by atoms with van der Waals surface area (Å²) < 4.78 is 6.95. The van der Waals surface area contributed by atoms with Gasteiger partial charge < -0.3 is 25.3 Å². The molecule has 2 amide bonds. The van der Waals surface area contributed by atoms with Crippen molar-refractivity contribution in [2.24, 2.45) is 0 Å². The minimum absolute atomic E-state index is 0.272. The summed E-state index contributed by atoms with van der Waals surface area (Å²) in [6.45, 7) is 0.983. The van der Waals surface area contributed by atoms with Crippen molar-refractivity contribution < 1.29 is 9.53 Å². The molecular formula is C18H20N6O2. The van der Waals surface area contributed by atoms with Crippen molar-refractivity contribution in [1.82, 2.24) is 20.1 Å². The van der Waals surface area contributed by atoms with Crippen LogP contribution in [0.3, 0.4) is 0 Å². The molecule has 0 unspecified atom stereocenters. The standard InChI is InChI=1S/C18H20N6O2/c1-26-15-6-4-14(5-7-15)21-18(25)20-11-10-19-16-8-9-17(23-22-16)24-12-2-3-13-24/h2-9,12-13H,10-11H2,1H3,(H,19,22)(H2,20,21,25). The first-order valence-electron chi connectivity index (χ1n) is 8.14. The van der Waals surface area contributed by atoms with Gasteiger partial charge in [-0.05, 0) is 48.5 Å². The molecule has 3 N–H and O–H groups in total. The summed E-state index contributed by atoms with van der Waals surface area (Å²) in [7, 11) is 1.60. The Morgan fingerprint density at radius 3 is 2.46 bits per heavy atom. The monoisotopic (exact) mass is 352 g/mol. The number of amides is 2. The molecule has 26 heavy (non-hydrogen) atoms. The van der Waals surface area contributed by atoms with E-state index in [1.165, 1.54) is 0 Å². The number of urea groups is 1. The van der Waals surface area contributed by atoms with Gasteiger partial charge in [-0.15, -0.1) is 10.2 Å². The second-order valence-electron chi connectivity index (χ2n) is 5.40. The third-order valence-corrected chi connectivity index (χ3v) is 3.58. The van der Waals surface area contributed by atoms with Crippen LogP contribution < -0.4 is 20.7 Å². The number of ether oxygens (including phenoxy) is 1. The SMILES string of the molecule is COc1ccc(NC(=O)NCCNc2ccc(-n3cccc3)nn2)cc1. The number of methoxy groups -OCH3 is 1. The van der Waals surface area contributed by atoms with Crippen LogP contribution in [0.2, 0.25) is 0 Å². The fourth-order valence-corrected chi connectivity index (χ4v) is 2.26. The molecule has 8 heteroatoms. The van der Waals surface area contributed by atoms with Crippen molar-refractivity contribution in [3.63, 3.8) is 0 Å². The van der Waals surface area contributed by atoms with Gasteiger partial charge in [0.15, 0.2) is 5.82 Å². The summed E-state index contributed by atoms with van der Waals surface area (Å²) in [5, 5.41) is 16.9. The average molecular weight is 352 g/mol. The Balaban J connectivity index is 1.38. The van der Waals surface area contributed by atoms with Gasteiger partial charge in [-0.2, -0.15) is 0 Å². The number of rotatable bonds is 7. The van der Waals surface area contributed by atoms with E-state index in [1.54, 1.807) is 31.4 Å². The third kappa shape index (κ3) is 4.73. The maximum absolute atomic E-state index is 11.8. The lowest BCUT2D eigenvalue weighted by molar-refractivity contribution is 0.252. The van der Waals surface area contributed by atoms with Gasteiger partial charge in [-0.1, -0.05) is 0 Å². The summed E-state index contributed by atoms with van der Waals surface area (Å²) in [5.74, 6) is 2.14. The number of anilines is 2. The summed E-state index contributed by atoms with van der Waals surface area (Å²) in [6.07, 6.45) is 3.81. The predicted octanol–water partition coefficient (Wildman–Crippen LogP) is 2.51. The van der Waals surface area contributed by atoms with Crippen LogP contribution in [0.25, 0.3) is 5.82 Å². The first-order chi connectivity index (χ1) is 12.7. The van der Waals surface area contributed by atoms with Gasteiger partial charge in [0.25, 0.3) is 0 Å². The average Bonchev–Trinajstić information content (AvgIpc) is 3.21. The number of nitrogens with one attached hydrogen (secondary N) is 3. The highest BCUT2D eigenvalue weighted by atomic mass is 16.5. The quantitative estimate of drug-likeness (QED) is 0.568. The van der Waals surface area contributed by atoms with Crippen LogP contribution in [-0.2, 0) is 0 Å². The highest BCUT2D eigenvalue weighted by Gasteiger charge is 2.02. The van der Waals surface area contributed by atoms with Crippen LogP contribution in [0.1, 0.15) is 0 Å². The molecule has 0 radical (unpaired) electrons. The zero-order valence-corrected chi connectivity index (χ0v) is 14.3. The molecule has 0 fully saturated rings. The summed E-state index contributed by atoms with van der Waals surface area (Å²) in [6, 6.07) is 14.4. The van der Waals surface area contributed by atoms with Crippen molar-refractivity contribution >= 4 is 17.5 Å². The number of hydrogen-bond donors (Lipinski definition) is 3. The van der Waals surface area contributed by atoms with E-state index in [4.69, 9.17) is 4.74 Å². The Bertz CT molecular complexity index is 816. The molecule has 1 aromatic carbocycles. The molecule has 8 nitrogen and oxygen atoms in total. The molecule has 0 atom stereocenters. The lowest BCUT2D eigenvalue weighted by Crippen LogP contribution is -2.32. The Morgan fingerprint density at radius 1 is 1.04 bits per heavy atom. The smallest absolute Gasteiger partial charge is 0.319 e. The van der Waals surface area contributed by atoms with E-state index in [2.05, 4.69) is 26.1 Å². The van der Waals surface area contributed by atoms with Gasteiger partial charge in [-0.25, -0.2) is 4.79 Å². The zero-order chi connectivity index (χ0) is 18.2. The van der Waals surface area contributed by atoms with Gasteiger partial charge in [-0.3, -0.25) is 0 Å². The highest BCUT2D eigenvalue weighted by molar-refractivity contribution is 5.89. The molecule has 3 aromatic rings. The van der Waals surface area contributed by atoms with Crippen LogP contribution in [0.4, 0.5) is 16.3 Å². The van der Waals surface area contributed by atoms with Gasteiger partial charge in [0.05, 0.1) is 7.11 Å². The molecule has 0 aliphatic heterocycles. The highest BCUT2D eigenvalue weighted by Crippen LogP contribution is 2.14. The predicted molar refractivity (Wildman–Crippen MR) is 99.9 cm³/mol. The fourth-order valence-electron chi connectivity index (χ4n) is 2.26. The summed E-state index contributed by atoms with van der Waals surface area (Å²) in [4.78, 5) is 11.8. The van der Waals surface area contributed by atoms with E-state index in [0.29, 0.717) is 24.6 Å². The third-order valence-electron chi connectivity index (χ3n) is 3.58. The van der Waals surface area contributed by atoms with Gasteiger partial charge >= 0.3 is 6.03 Å². The van der Waals surface area contributed by atoms with Crippen molar-refractivity contribution in [3.8, 4) is 11.6 Å². The number of benzene rings is 1. The van der Waals surface area contributed by atoms with Crippen LogP contribution in [-0.4, -0.2) is 41.0 Å². The number of carbonyl (C=O) groups excluding carboxylic acids is 1. The Kier molecular flexibility index (Phi) is 5.66. The van der Waals surface area contributed by atoms with Crippen molar-refractivity contribution in [2.45, 2.75) is 0 Å². The van der Waals surface area contributed by atoms with E-state index >= 15 is 0 Å². The van der Waals surface area contributed by atoms with Crippen molar-refractivity contribution in [1.29, 1.82) is 0 Å². The van der Waals surface area contributed by atoms with E-state index < -0.39 is 0 Å². The molecule has 0 aliphatic carbocycles. The minimum Gasteiger partial charge on any atom is -0.497 e. The molecule has 0 bridgehead atoms. The molecule has 3 rings (SSSR count). The Labute approximate surface area is 151 Å². The Hall–Kier alpha value is -3.55. The molecular weight excluding hydrogens is 332 g/mol. The Morgan fingerprint density at radius 2 is 1.81 bits per heavy atom. The lowest BCUT2D eigenvalue weighted by Gasteiger charge is -2.09. The fraction of sp³-hybridized carbons (Fsp3) is 0.167. The summed E-state index contributed by atoms with van der Waals surface area (Å²) in [5.41, 5.74) is 0.697. The van der Waals surface area contributed by atoms with E-state index in [0.717, 1.165) is 11.6 Å². The maximum atomic E-state index is 11.8. The van der Waals surface area contributed by atoms with Crippen LogP contribution in [0.5, 0.6) is 5.75 Å². The first kappa shape index (κ1) is 17.3. The largest absolute Gasteiger partial charge is 0.497 e. The number of carbonyl (C=O) groups is 1. The molecule has 2 aromatic heterocycles. The normalized spacial score (nSPS) is 10.2. The van der Waals surface area contributed by atoms with E-state index in [1.807, 2.05) is 41.2 Å². The molecule has 0 aliphatic rings. The van der Waals surface area contributed by atoms with Gasteiger partial charge in [0.1, 0.15) is 11.6 Å². The number of nitrogens with zero attached hydrogens (tertiary/aromatic N) is 3. The van der Waals surface area contributed by atoms with Crippen molar-refractivity contribution in [2.75, 3.05) is 30.8 Å². The zero-order valence-electron chi connectivity index (χ0n) is 14.3. The summed E-state index contributed by atoms with van der Waals surface area (Å²) >= 11 is 0. The maximum Gasteiger partial charge on any atom is 0.319 e. The van der Waals surface area contributed by atoms with E-state index in [-0.39, 0.29) is 6.03 Å².